The molecule has 8 heteroatoms. The average Bonchev–Trinajstić information content (AvgIpc) is 2.68. The van der Waals surface area contributed by atoms with Crippen LogP contribution in [0.2, 0.25) is 0 Å². The lowest BCUT2D eigenvalue weighted by atomic mass is 10.4. The second-order valence-electron chi connectivity index (χ2n) is 2.95. The minimum absolute atomic E-state index is 0.339. The zero-order chi connectivity index (χ0) is 13.1. The second kappa shape index (κ2) is 5.93. The lowest BCUT2D eigenvalue weighted by molar-refractivity contribution is 0.0604. The number of thiophene rings is 1. The minimum Gasteiger partial charge on any atom is -0.465 e. The Morgan fingerprint density at radius 3 is 2.41 bits per heavy atom. The molecule has 0 atom stereocenters. The largest absolute Gasteiger partial charge is 0.465 e. The monoisotopic (exact) mass is 296 g/mol. The molecule has 1 heterocycles. The van der Waals surface area contributed by atoms with E-state index in [0.29, 0.717) is 10.6 Å². The van der Waals surface area contributed by atoms with E-state index < -0.39 is 12.7 Å². The van der Waals surface area contributed by atoms with Gasteiger partial charge in [0, 0.05) is 30.9 Å². The van der Waals surface area contributed by atoms with Crippen molar-refractivity contribution in [3.05, 3.63) is 15.8 Å². The van der Waals surface area contributed by atoms with E-state index in [-0.39, 0.29) is 0 Å². The van der Waals surface area contributed by atoms with E-state index in [2.05, 4.69) is 4.74 Å². The Kier molecular flexibility index (Phi) is 5.09. The van der Waals surface area contributed by atoms with Crippen LogP contribution in [0.1, 0.15) is 14.5 Å². The number of ether oxygens (including phenoxy) is 1. The number of hydrogen-bond donors (Lipinski definition) is 0. The molecule has 0 bridgehead atoms. The Hall–Kier alpha value is -0.460. The quantitative estimate of drug-likeness (QED) is 0.615. The molecule has 0 radical (unpaired) electrons. The highest BCUT2D eigenvalue weighted by atomic mass is 32.5. The molecule has 0 aliphatic rings. The molecule has 1 aromatic heterocycles. The highest BCUT2D eigenvalue weighted by Gasteiger charge is 2.24. The molecule has 0 amide bonds. The van der Waals surface area contributed by atoms with Crippen LogP contribution < -0.4 is 4.52 Å². The normalized spacial score (nSPS) is 11.3. The number of esters is 1. The summed E-state index contributed by atoms with van der Waals surface area (Å²) >= 11 is 6.34. The Balaban J connectivity index is 3.06. The van der Waals surface area contributed by atoms with Crippen LogP contribution in [0.3, 0.4) is 0 Å². The van der Waals surface area contributed by atoms with Gasteiger partial charge in [0.15, 0.2) is 10.6 Å². The van der Waals surface area contributed by atoms with Crippen LogP contribution in [0.5, 0.6) is 5.75 Å². The average molecular weight is 296 g/mol. The molecular formula is C9H13O5PS2. The second-order valence-corrected chi connectivity index (χ2v) is 7.35. The summed E-state index contributed by atoms with van der Waals surface area (Å²) in [6, 6.07) is 1.70. The topological polar surface area (TPSA) is 54.0 Å². The highest BCUT2D eigenvalue weighted by Crippen LogP contribution is 2.50. The van der Waals surface area contributed by atoms with E-state index in [9.17, 15) is 4.79 Å². The third-order valence-electron chi connectivity index (χ3n) is 1.85. The summed E-state index contributed by atoms with van der Waals surface area (Å²) in [6.07, 6.45) is 0. The smallest absolute Gasteiger partial charge is 0.380 e. The van der Waals surface area contributed by atoms with Gasteiger partial charge in [0.1, 0.15) is 0 Å². The molecule has 1 rings (SSSR count). The van der Waals surface area contributed by atoms with Gasteiger partial charge in [0.05, 0.1) is 7.11 Å². The van der Waals surface area contributed by atoms with Crippen molar-refractivity contribution in [2.45, 2.75) is 6.92 Å². The zero-order valence-corrected chi connectivity index (χ0v) is 12.4. The summed E-state index contributed by atoms with van der Waals surface area (Å²) in [5.41, 5.74) is 0. The van der Waals surface area contributed by atoms with Gasteiger partial charge in [-0.2, -0.15) is 0 Å². The van der Waals surface area contributed by atoms with Gasteiger partial charge in [-0.15, -0.1) is 11.3 Å². The first-order valence-corrected chi connectivity index (χ1v) is 7.93. The Morgan fingerprint density at radius 2 is 1.94 bits per heavy atom. The number of aryl methyl sites for hydroxylation is 1. The Labute approximate surface area is 109 Å². The molecule has 96 valence electrons. The lowest BCUT2D eigenvalue weighted by Gasteiger charge is -2.17. The van der Waals surface area contributed by atoms with Crippen molar-refractivity contribution in [1.29, 1.82) is 0 Å². The molecule has 0 aliphatic heterocycles. The third kappa shape index (κ3) is 3.50. The minimum atomic E-state index is -2.83. The molecule has 0 saturated heterocycles. The molecule has 0 spiro atoms. The van der Waals surface area contributed by atoms with Crippen molar-refractivity contribution in [1.82, 2.24) is 0 Å². The molecule has 0 saturated carbocycles. The summed E-state index contributed by atoms with van der Waals surface area (Å²) in [4.78, 5) is 12.8. The molecule has 0 aliphatic carbocycles. The van der Waals surface area contributed by atoms with Crippen LogP contribution in [0.4, 0.5) is 0 Å². The van der Waals surface area contributed by atoms with Crippen LogP contribution in [-0.2, 0) is 25.6 Å². The predicted molar refractivity (Wildman–Crippen MR) is 69.3 cm³/mol. The summed E-state index contributed by atoms with van der Waals surface area (Å²) in [7, 11) is 4.12. The number of carbonyl (C=O) groups is 1. The van der Waals surface area contributed by atoms with E-state index in [1.807, 2.05) is 6.92 Å². The van der Waals surface area contributed by atoms with Gasteiger partial charge in [0.2, 0.25) is 0 Å². The molecular weight excluding hydrogens is 283 g/mol. The Morgan fingerprint density at radius 1 is 1.35 bits per heavy atom. The molecule has 0 fully saturated rings. The molecule has 1 aromatic rings. The number of rotatable bonds is 5. The SMILES string of the molecule is COC(=O)c1sc(C)cc1OP(=S)(OC)OC. The first-order chi connectivity index (χ1) is 7.95. The first kappa shape index (κ1) is 14.6. The number of hydrogen-bond acceptors (Lipinski definition) is 7. The van der Waals surface area contributed by atoms with Crippen LogP contribution >= 0.6 is 18.1 Å². The van der Waals surface area contributed by atoms with Crippen LogP contribution in [-0.4, -0.2) is 27.3 Å². The summed E-state index contributed by atoms with van der Waals surface area (Å²) < 4.78 is 20.1. The first-order valence-electron chi connectivity index (χ1n) is 4.55. The van der Waals surface area contributed by atoms with Crippen molar-refractivity contribution in [2.24, 2.45) is 0 Å². The lowest BCUT2D eigenvalue weighted by Crippen LogP contribution is -2.03. The Bertz CT molecular complexity index is 448. The van der Waals surface area contributed by atoms with E-state index in [1.165, 1.54) is 32.7 Å². The van der Waals surface area contributed by atoms with E-state index in [1.54, 1.807) is 6.07 Å². The summed E-state index contributed by atoms with van der Waals surface area (Å²) in [6.45, 7) is -0.980. The maximum atomic E-state index is 11.5. The predicted octanol–water partition coefficient (Wildman–Crippen LogP) is 2.74. The van der Waals surface area contributed by atoms with Crippen molar-refractivity contribution in [3.63, 3.8) is 0 Å². The third-order valence-corrected chi connectivity index (χ3v) is 5.29. The van der Waals surface area contributed by atoms with E-state index in [0.717, 1.165) is 4.88 Å². The van der Waals surface area contributed by atoms with Gasteiger partial charge < -0.3 is 18.3 Å². The van der Waals surface area contributed by atoms with Crippen LogP contribution in [0.15, 0.2) is 6.07 Å². The highest BCUT2D eigenvalue weighted by molar-refractivity contribution is 8.07. The van der Waals surface area contributed by atoms with Crippen molar-refractivity contribution < 1.29 is 23.1 Å². The van der Waals surface area contributed by atoms with Crippen LogP contribution in [0.25, 0.3) is 0 Å². The molecule has 5 nitrogen and oxygen atoms in total. The summed E-state index contributed by atoms with van der Waals surface area (Å²) in [5, 5.41) is 0. The van der Waals surface area contributed by atoms with Gasteiger partial charge in [-0.05, 0) is 13.0 Å². The number of carbonyl (C=O) groups excluding carboxylic acids is 1. The van der Waals surface area contributed by atoms with Crippen LogP contribution in [0, 0.1) is 6.92 Å². The van der Waals surface area contributed by atoms with Gasteiger partial charge in [-0.3, -0.25) is 0 Å². The fraction of sp³-hybridized carbons (Fsp3) is 0.444. The maximum Gasteiger partial charge on any atom is 0.380 e. The van der Waals surface area contributed by atoms with E-state index >= 15 is 0 Å². The molecule has 0 aromatic carbocycles. The number of methoxy groups -OCH3 is 1. The van der Waals surface area contributed by atoms with Crippen molar-refractivity contribution >= 4 is 35.8 Å². The molecule has 17 heavy (non-hydrogen) atoms. The molecule has 0 unspecified atom stereocenters. The van der Waals surface area contributed by atoms with Gasteiger partial charge >= 0.3 is 12.7 Å². The fourth-order valence-electron chi connectivity index (χ4n) is 1.06. The van der Waals surface area contributed by atoms with Gasteiger partial charge in [-0.25, -0.2) is 4.79 Å². The zero-order valence-electron chi connectivity index (χ0n) is 9.88. The standard InChI is InChI=1S/C9H13O5PS2/c1-6-5-7(8(17-6)9(10)11-2)14-15(16,12-3)13-4/h5H,1-4H3. The van der Waals surface area contributed by atoms with Gasteiger partial charge in [0.25, 0.3) is 0 Å². The van der Waals surface area contributed by atoms with Crippen molar-refractivity contribution in [2.75, 3.05) is 21.3 Å². The summed E-state index contributed by atoms with van der Waals surface area (Å²) in [5.74, 6) is -0.127. The fourth-order valence-corrected chi connectivity index (χ4v) is 2.90. The maximum absolute atomic E-state index is 11.5. The van der Waals surface area contributed by atoms with E-state index in [4.69, 9.17) is 25.4 Å². The van der Waals surface area contributed by atoms with Crippen molar-refractivity contribution in [3.8, 4) is 5.75 Å². The molecule has 0 N–H and O–H groups in total. The van der Waals surface area contributed by atoms with Gasteiger partial charge in [-0.1, -0.05) is 0 Å².